The maximum Gasteiger partial charge on any atom is 0.397 e. The molecule has 2 heterocycles. The summed E-state index contributed by atoms with van der Waals surface area (Å²) in [6.45, 7) is 3.05. The van der Waals surface area contributed by atoms with Gasteiger partial charge in [-0.1, -0.05) is 0 Å². The van der Waals surface area contributed by atoms with Crippen LogP contribution in [0.2, 0.25) is 0 Å². The van der Waals surface area contributed by atoms with Crippen LogP contribution in [0.4, 0.5) is 0 Å². The number of β-lactam (4-membered cyclic amide) rings is 1. The topological polar surface area (TPSA) is 150 Å². The number of amides is 2. The number of carboxylic acids is 1. The minimum atomic E-state index is -4.71. The Balaban J connectivity index is 2.08. The molecule has 3 unspecified atom stereocenters. The first-order valence-corrected chi connectivity index (χ1v) is 9.70. The smallest absolute Gasteiger partial charge is 0.397 e. The zero-order valence-corrected chi connectivity index (χ0v) is 15.1. The second-order valence-electron chi connectivity index (χ2n) is 5.64. The predicted molar refractivity (Wildman–Crippen MR) is 86.6 cm³/mol. The third-order valence-electron chi connectivity index (χ3n) is 3.90. The van der Waals surface area contributed by atoms with Gasteiger partial charge in [-0.3, -0.25) is 14.1 Å². The van der Waals surface area contributed by atoms with Gasteiger partial charge in [0.1, 0.15) is 5.70 Å². The molecule has 3 atom stereocenters. The van der Waals surface area contributed by atoms with Crippen LogP contribution in [0.15, 0.2) is 10.6 Å². The Morgan fingerprint density at radius 3 is 2.64 bits per heavy atom. The Labute approximate surface area is 148 Å². The van der Waals surface area contributed by atoms with Crippen molar-refractivity contribution in [3.63, 3.8) is 0 Å². The minimum Gasteiger partial charge on any atom is -0.477 e. The van der Waals surface area contributed by atoms with E-state index in [2.05, 4.69) is 9.50 Å². The van der Waals surface area contributed by atoms with Crippen LogP contribution in [0.25, 0.3) is 0 Å². The van der Waals surface area contributed by atoms with Crippen LogP contribution < -0.4 is 5.32 Å². The molecule has 12 heteroatoms. The lowest BCUT2D eigenvalue weighted by molar-refractivity contribution is -0.160. The highest BCUT2D eigenvalue weighted by molar-refractivity contribution is 8.03. The van der Waals surface area contributed by atoms with Gasteiger partial charge >= 0.3 is 16.4 Å². The standard InChI is InChI=1S/C13H18N2O8S2/c1-6(23-25(20,21)22)10-8-5-9(24-4-3-14-7(2)16)11(13(18)19)15(8)12(10)17/h6,8,10H,3-5H2,1-2H3,(H,14,16)(H,18,19)(H,20,21,22). The van der Waals surface area contributed by atoms with E-state index in [0.717, 1.165) is 4.90 Å². The van der Waals surface area contributed by atoms with Crippen molar-refractivity contribution in [3.8, 4) is 0 Å². The summed E-state index contributed by atoms with van der Waals surface area (Å²) in [4.78, 5) is 36.2. The van der Waals surface area contributed by atoms with Crippen LogP contribution in [0, 0.1) is 5.92 Å². The van der Waals surface area contributed by atoms with E-state index >= 15 is 0 Å². The van der Waals surface area contributed by atoms with Crippen molar-refractivity contribution in [2.45, 2.75) is 32.4 Å². The third kappa shape index (κ3) is 4.32. The Morgan fingerprint density at radius 2 is 2.12 bits per heavy atom. The molecule has 0 aromatic carbocycles. The van der Waals surface area contributed by atoms with Gasteiger partial charge in [0.05, 0.1) is 18.1 Å². The van der Waals surface area contributed by atoms with Gasteiger partial charge in [0.2, 0.25) is 11.8 Å². The van der Waals surface area contributed by atoms with E-state index in [0.29, 0.717) is 17.2 Å². The van der Waals surface area contributed by atoms with Gasteiger partial charge in [-0.2, -0.15) is 8.42 Å². The van der Waals surface area contributed by atoms with Crippen molar-refractivity contribution in [2.24, 2.45) is 5.92 Å². The molecule has 0 saturated carbocycles. The number of aliphatic carboxylic acids is 1. The molecule has 2 rings (SSSR count). The van der Waals surface area contributed by atoms with Gasteiger partial charge < -0.3 is 15.3 Å². The van der Waals surface area contributed by atoms with Crippen LogP contribution in [0.3, 0.4) is 0 Å². The van der Waals surface area contributed by atoms with Gasteiger partial charge in [-0.25, -0.2) is 8.98 Å². The van der Waals surface area contributed by atoms with Crippen LogP contribution in [-0.4, -0.2) is 65.2 Å². The molecule has 140 valence electrons. The van der Waals surface area contributed by atoms with Gasteiger partial charge in [-0.05, 0) is 6.92 Å². The number of nitrogens with one attached hydrogen (secondary N) is 1. The third-order valence-corrected chi connectivity index (χ3v) is 5.57. The lowest BCUT2D eigenvalue weighted by Crippen LogP contribution is -2.62. The monoisotopic (exact) mass is 394 g/mol. The summed E-state index contributed by atoms with van der Waals surface area (Å²) in [7, 11) is -4.71. The first-order valence-electron chi connectivity index (χ1n) is 7.35. The first kappa shape index (κ1) is 19.7. The fourth-order valence-electron chi connectivity index (χ4n) is 3.00. The van der Waals surface area contributed by atoms with Crippen LogP contribution in [-0.2, 0) is 29.0 Å². The summed E-state index contributed by atoms with van der Waals surface area (Å²) in [6.07, 6.45) is -0.857. The number of thioether (sulfide) groups is 1. The number of nitrogens with zero attached hydrogens (tertiary/aromatic N) is 1. The average Bonchev–Trinajstić information content (AvgIpc) is 2.76. The number of hydrogen-bond donors (Lipinski definition) is 3. The second-order valence-corrected chi connectivity index (χ2v) is 7.88. The predicted octanol–water partition coefficient (Wildman–Crippen LogP) is -0.409. The van der Waals surface area contributed by atoms with E-state index in [9.17, 15) is 27.9 Å². The number of hydrogen-bond acceptors (Lipinski definition) is 7. The summed E-state index contributed by atoms with van der Waals surface area (Å²) in [5.74, 6) is -2.43. The van der Waals surface area contributed by atoms with E-state index in [1.807, 2.05) is 0 Å². The van der Waals surface area contributed by atoms with Crippen LogP contribution in [0.5, 0.6) is 0 Å². The SMILES string of the molecule is CC(=O)NCCSC1=C(C(=O)O)N2C(=O)C(C(C)OS(=O)(=O)O)C2C1. The molecular formula is C13H18N2O8S2. The first-order chi connectivity index (χ1) is 11.5. The molecule has 1 saturated heterocycles. The molecule has 0 bridgehead atoms. The largest absolute Gasteiger partial charge is 0.477 e. The maximum absolute atomic E-state index is 12.3. The quantitative estimate of drug-likeness (QED) is 0.283. The average molecular weight is 394 g/mol. The molecular weight excluding hydrogens is 376 g/mol. The molecule has 10 nitrogen and oxygen atoms in total. The minimum absolute atomic E-state index is 0.127. The highest BCUT2D eigenvalue weighted by Crippen LogP contribution is 2.47. The molecule has 0 aliphatic carbocycles. The van der Waals surface area contributed by atoms with Gasteiger partial charge in [0.25, 0.3) is 0 Å². The Kier molecular flexibility index (Phi) is 5.76. The van der Waals surface area contributed by atoms with Gasteiger partial charge in [-0.15, -0.1) is 11.8 Å². The molecule has 1 fully saturated rings. The fourth-order valence-corrected chi connectivity index (χ4v) is 4.56. The van der Waals surface area contributed by atoms with E-state index in [1.165, 1.54) is 25.6 Å². The van der Waals surface area contributed by atoms with Crippen LogP contribution >= 0.6 is 11.8 Å². The van der Waals surface area contributed by atoms with Crippen molar-refractivity contribution in [1.29, 1.82) is 0 Å². The number of carbonyl (C=O) groups is 3. The summed E-state index contributed by atoms with van der Waals surface area (Å²) >= 11 is 1.22. The summed E-state index contributed by atoms with van der Waals surface area (Å²) in [6, 6.07) is -0.529. The second kappa shape index (κ2) is 7.32. The Hall–Kier alpha value is -1.63. The normalized spacial score (nSPS) is 24.0. The highest BCUT2D eigenvalue weighted by Gasteiger charge is 2.57. The zero-order chi connectivity index (χ0) is 18.9. The fraction of sp³-hybridized carbons (Fsp3) is 0.615. The molecule has 0 spiro atoms. The number of fused-ring (bicyclic) bond motifs is 1. The van der Waals surface area contributed by atoms with Crippen molar-refractivity contribution in [1.82, 2.24) is 10.2 Å². The molecule has 2 amide bonds. The van der Waals surface area contributed by atoms with Gasteiger partial charge in [0.15, 0.2) is 0 Å². The van der Waals surface area contributed by atoms with Crippen molar-refractivity contribution in [3.05, 3.63) is 10.6 Å². The molecule has 3 N–H and O–H groups in total. The molecule has 0 aromatic rings. The lowest BCUT2D eigenvalue weighted by Gasteiger charge is -2.45. The number of carboxylic acid groups (broad SMARTS) is 1. The van der Waals surface area contributed by atoms with Crippen molar-refractivity contribution >= 4 is 39.9 Å². The van der Waals surface area contributed by atoms with Crippen molar-refractivity contribution < 1.29 is 36.6 Å². The van der Waals surface area contributed by atoms with E-state index in [1.54, 1.807) is 0 Å². The lowest BCUT2D eigenvalue weighted by atomic mass is 9.83. The zero-order valence-electron chi connectivity index (χ0n) is 13.5. The maximum atomic E-state index is 12.3. The number of carbonyl (C=O) groups excluding carboxylic acids is 2. The van der Waals surface area contributed by atoms with Gasteiger partial charge in [0, 0.05) is 30.5 Å². The van der Waals surface area contributed by atoms with E-state index in [4.69, 9.17) is 4.55 Å². The summed E-state index contributed by atoms with van der Waals surface area (Å²) in [5, 5.41) is 12.0. The summed E-state index contributed by atoms with van der Waals surface area (Å²) < 4.78 is 34.8. The molecule has 25 heavy (non-hydrogen) atoms. The summed E-state index contributed by atoms with van der Waals surface area (Å²) in [5.41, 5.74) is -0.127. The van der Waals surface area contributed by atoms with Crippen LogP contribution in [0.1, 0.15) is 20.3 Å². The highest BCUT2D eigenvalue weighted by atomic mass is 32.3. The number of rotatable bonds is 8. The molecule has 0 aromatic heterocycles. The Morgan fingerprint density at radius 1 is 1.48 bits per heavy atom. The Bertz CT molecular complexity index is 732. The molecule has 2 aliphatic heterocycles. The van der Waals surface area contributed by atoms with E-state index in [-0.39, 0.29) is 18.0 Å². The van der Waals surface area contributed by atoms with Crippen molar-refractivity contribution in [2.75, 3.05) is 12.3 Å². The van der Waals surface area contributed by atoms with E-state index < -0.39 is 40.3 Å². The molecule has 2 aliphatic rings. The molecule has 0 radical (unpaired) electrons.